The molecule has 1 unspecified atom stereocenters. The fourth-order valence-corrected chi connectivity index (χ4v) is 1.53. The van der Waals surface area contributed by atoms with Crippen LogP contribution in [0.2, 0.25) is 0 Å². The van der Waals surface area contributed by atoms with Crippen molar-refractivity contribution in [3.8, 4) is 0 Å². The minimum Gasteiger partial charge on any atom is -0.352 e. The van der Waals surface area contributed by atoms with Crippen molar-refractivity contribution in [2.75, 3.05) is 19.6 Å². The quantitative estimate of drug-likeness (QED) is 0.702. The fraction of sp³-hybridized carbons (Fsp3) is 0.900. The molecular weight excluding hydrogens is 164 g/mol. The van der Waals surface area contributed by atoms with Gasteiger partial charge in [0, 0.05) is 19.5 Å². The van der Waals surface area contributed by atoms with Crippen LogP contribution < -0.4 is 5.32 Å². The monoisotopic (exact) mass is 184 g/mol. The Balaban J connectivity index is 2.32. The molecule has 0 aromatic rings. The van der Waals surface area contributed by atoms with Gasteiger partial charge in [0.15, 0.2) is 0 Å². The number of amides is 1. The molecule has 76 valence electrons. The van der Waals surface area contributed by atoms with E-state index in [2.05, 4.69) is 24.1 Å². The first-order chi connectivity index (χ1) is 6.09. The summed E-state index contributed by atoms with van der Waals surface area (Å²) in [6, 6.07) is 0.317. The molecule has 1 saturated heterocycles. The van der Waals surface area contributed by atoms with Gasteiger partial charge in [0.2, 0.25) is 5.91 Å². The molecule has 1 aliphatic heterocycles. The third kappa shape index (κ3) is 3.35. The smallest absolute Gasteiger partial charge is 0.217 e. The molecule has 0 saturated carbocycles. The van der Waals surface area contributed by atoms with Crippen LogP contribution in [0.1, 0.15) is 27.2 Å². The van der Waals surface area contributed by atoms with Gasteiger partial charge in [0.25, 0.3) is 0 Å². The zero-order chi connectivity index (χ0) is 9.84. The molecule has 1 atom stereocenters. The largest absolute Gasteiger partial charge is 0.352 e. The molecule has 1 heterocycles. The Kier molecular flexibility index (Phi) is 3.72. The summed E-state index contributed by atoms with van der Waals surface area (Å²) in [7, 11) is 0. The first-order valence-corrected chi connectivity index (χ1v) is 5.09. The predicted octanol–water partition coefficient (Wildman–Crippen LogP) is 0.853. The van der Waals surface area contributed by atoms with E-state index < -0.39 is 0 Å². The molecule has 0 aromatic heterocycles. The predicted molar refractivity (Wildman–Crippen MR) is 53.5 cm³/mol. The van der Waals surface area contributed by atoms with Crippen LogP contribution in [-0.4, -0.2) is 36.5 Å². The fourth-order valence-electron chi connectivity index (χ4n) is 1.53. The van der Waals surface area contributed by atoms with Gasteiger partial charge in [-0.2, -0.15) is 0 Å². The summed E-state index contributed by atoms with van der Waals surface area (Å²) in [6.07, 6.45) is 1.31. The number of carbonyl (C=O) groups excluding carboxylic acids is 1. The van der Waals surface area contributed by atoms with Gasteiger partial charge in [-0.3, -0.25) is 4.79 Å². The second-order valence-corrected chi connectivity index (χ2v) is 4.21. The van der Waals surface area contributed by atoms with Crippen molar-refractivity contribution < 1.29 is 4.79 Å². The van der Waals surface area contributed by atoms with Crippen molar-refractivity contribution in [3.63, 3.8) is 0 Å². The summed E-state index contributed by atoms with van der Waals surface area (Å²) in [5.74, 6) is 0.601. The average Bonchev–Trinajstić information content (AvgIpc) is 1.92. The molecule has 1 rings (SSSR count). The number of hydrogen-bond donors (Lipinski definition) is 1. The van der Waals surface area contributed by atoms with Gasteiger partial charge in [-0.15, -0.1) is 0 Å². The van der Waals surface area contributed by atoms with Crippen LogP contribution in [0.4, 0.5) is 0 Å². The summed E-state index contributed by atoms with van der Waals surface area (Å²) in [5.41, 5.74) is 0. The zero-order valence-electron chi connectivity index (χ0n) is 8.84. The van der Waals surface area contributed by atoms with Gasteiger partial charge >= 0.3 is 0 Å². The van der Waals surface area contributed by atoms with Crippen molar-refractivity contribution in [1.82, 2.24) is 10.2 Å². The molecule has 0 bridgehead atoms. The first kappa shape index (κ1) is 10.5. The summed E-state index contributed by atoms with van der Waals surface area (Å²) < 4.78 is 0. The Morgan fingerprint density at radius 3 is 2.38 bits per heavy atom. The Morgan fingerprint density at radius 1 is 1.46 bits per heavy atom. The summed E-state index contributed by atoms with van der Waals surface area (Å²) >= 11 is 0. The van der Waals surface area contributed by atoms with Gasteiger partial charge in [-0.1, -0.05) is 13.8 Å². The molecule has 1 fully saturated rings. The SMILES string of the molecule is CC(=O)NC(CN1CCC1)C(C)C. The summed E-state index contributed by atoms with van der Waals surface area (Å²) in [6.45, 7) is 9.30. The zero-order valence-corrected chi connectivity index (χ0v) is 8.84. The Hall–Kier alpha value is -0.570. The number of rotatable bonds is 4. The van der Waals surface area contributed by atoms with E-state index in [0.717, 1.165) is 6.54 Å². The highest BCUT2D eigenvalue weighted by Crippen LogP contribution is 2.10. The standard InChI is InChI=1S/C10H20N2O/c1-8(2)10(11-9(3)13)7-12-5-4-6-12/h8,10H,4-7H2,1-3H3,(H,11,13). The van der Waals surface area contributed by atoms with Gasteiger partial charge in [0.05, 0.1) is 0 Å². The van der Waals surface area contributed by atoms with Gasteiger partial charge in [0.1, 0.15) is 0 Å². The van der Waals surface area contributed by atoms with Crippen LogP contribution in [0.3, 0.4) is 0 Å². The summed E-state index contributed by atoms with van der Waals surface area (Å²) in [5, 5.41) is 3.00. The van der Waals surface area contributed by atoms with E-state index in [1.54, 1.807) is 6.92 Å². The molecule has 0 aliphatic carbocycles. The van der Waals surface area contributed by atoms with Crippen molar-refractivity contribution >= 4 is 5.91 Å². The van der Waals surface area contributed by atoms with E-state index in [-0.39, 0.29) is 5.91 Å². The first-order valence-electron chi connectivity index (χ1n) is 5.09. The highest BCUT2D eigenvalue weighted by molar-refractivity contribution is 5.73. The van der Waals surface area contributed by atoms with E-state index in [1.165, 1.54) is 19.5 Å². The van der Waals surface area contributed by atoms with Gasteiger partial charge < -0.3 is 10.2 Å². The van der Waals surface area contributed by atoms with Crippen LogP contribution in [-0.2, 0) is 4.79 Å². The lowest BCUT2D eigenvalue weighted by atomic mass is 10.0. The van der Waals surface area contributed by atoms with E-state index in [1.807, 2.05) is 0 Å². The van der Waals surface area contributed by atoms with Crippen molar-refractivity contribution in [3.05, 3.63) is 0 Å². The van der Waals surface area contributed by atoms with Crippen LogP contribution >= 0.6 is 0 Å². The van der Waals surface area contributed by atoms with Crippen LogP contribution in [0, 0.1) is 5.92 Å². The average molecular weight is 184 g/mol. The maximum Gasteiger partial charge on any atom is 0.217 e. The van der Waals surface area contributed by atoms with E-state index in [4.69, 9.17) is 0 Å². The highest BCUT2D eigenvalue weighted by atomic mass is 16.1. The topological polar surface area (TPSA) is 32.3 Å². The van der Waals surface area contributed by atoms with E-state index in [9.17, 15) is 4.79 Å². The maximum absolute atomic E-state index is 10.9. The van der Waals surface area contributed by atoms with E-state index in [0.29, 0.717) is 12.0 Å². The van der Waals surface area contributed by atoms with Crippen molar-refractivity contribution in [2.24, 2.45) is 5.92 Å². The molecule has 0 spiro atoms. The van der Waals surface area contributed by atoms with Crippen LogP contribution in [0.5, 0.6) is 0 Å². The summed E-state index contributed by atoms with van der Waals surface area (Å²) in [4.78, 5) is 13.3. The lowest BCUT2D eigenvalue weighted by molar-refractivity contribution is -0.120. The molecule has 3 nitrogen and oxygen atoms in total. The maximum atomic E-state index is 10.9. The molecule has 1 N–H and O–H groups in total. The van der Waals surface area contributed by atoms with Gasteiger partial charge in [-0.05, 0) is 25.4 Å². The number of hydrogen-bond acceptors (Lipinski definition) is 2. The normalized spacial score (nSPS) is 19.7. The second kappa shape index (κ2) is 4.61. The Labute approximate surface area is 80.5 Å². The number of carbonyl (C=O) groups is 1. The Bertz CT molecular complexity index is 176. The van der Waals surface area contributed by atoms with Crippen LogP contribution in [0.15, 0.2) is 0 Å². The number of likely N-dealkylation sites (tertiary alicyclic amines) is 1. The number of nitrogens with one attached hydrogen (secondary N) is 1. The van der Waals surface area contributed by atoms with Crippen molar-refractivity contribution in [2.45, 2.75) is 33.2 Å². The van der Waals surface area contributed by atoms with E-state index >= 15 is 0 Å². The Morgan fingerprint density at radius 2 is 2.08 bits per heavy atom. The van der Waals surface area contributed by atoms with Gasteiger partial charge in [-0.25, -0.2) is 0 Å². The minimum absolute atomic E-state index is 0.0826. The third-order valence-electron chi connectivity index (χ3n) is 2.60. The molecule has 0 radical (unpaired) electrons. The molecule has 3 heteroatoms. The lowest BCUT2D eigenvalue weighted by Crippen LogP contribution is -2.50. The highest BCUT2D eigenvalue weighted by Gasteiger charge is 2.21. The second-order valence-electron chi connectivity index (χ2n) is 4.21. The molecule has 13 heavy (non-hydrogen) atoms. The molecule has 1 aliphatic rings. The third-order valence-corrected chi connectivity index (χ3v) is 2.60. The molecular formula is C10H20N2O. The molecule has 1 amide bonds. The number of nitrogens with zero attached hydrogens (tertiary/aromatic N) is 1. The minimum atomic E-state index is 0.0826. The molecule has 0 aromatic carbocycles. The lowest BCUT2D eigenvalue weighted by Gasteiger charge is -2.35. The van der Waals surface area contributed by atoms with Crippen molar-refractivity contribution in [1.29, 1.82) is 0 Å². The van der Waals surface area contributed by atoms with Crippen LogP contribution in [0.25, 0.3) is 0 Å².